The standard InChI is InChI=1S/C8H10ClNO2S/c1-11-4-3-5(12-2)7(10)8(13)6(4)9/h3,13H,10H2,1-2H3. The fourth-order valence-electron chi connectivity index (χ4n) is 0.929. The van der Waals surface area contributed by atoms with E-state index in [-0.39, 0.29) is 0 Å². The molecule has 0 unspecified atom stereocenters. The second kappa shape index (κ2) is 3.98. The molecule has 0 atom stereocenters. The van der Waals surface area contributed by atoms with Gasteiger partial charge in [0, 0.05) is 6.07 Å². The van der Waals surface area contributed by atoms with Crippen LogP contribution in [0.15, 0.2) is 11.0 Å². The van der Waals surface area contributed by atoms with Gasteiger partial charge in [0.2, 0.25) is 0 Å². The molecule has 0 amide bonds. The van der Waals surface area contributed by atoms with E-state index in [1.807, 2.05) is 0 Å². The number of halogens is 1. The second-order valence-electron chi connectivity index (χ2n) is 2.36. The Morgan fingerprint density at radius 3 is 2.31 bits per heavy atom. The highest BCUT2D eigenvalue weighted by atomic mass is 35.5. The second-order valence-corrected chi connectivity index (χ2v) is 3.18. The number of benzene rings is 1. The van der Waals surface area contributed by atoms with E-state index in [0.29, 0.717) is 27.1 Å². The summed E-state index contributed by atoms with van der Waals surface area (Å²) in [6.45, 7) is 0. The summed E-state index contributed by atoms with van der Waals surface area (Å²) in [4.78, 5) is 0.470. The fraction of sp³-hybridized carbons (Fsp3) is 0.250. The zero-order valence-electron chi connectivity index (χ0n) is 7.30. The van der Waals surface area contributed by atoms with E-state index in [1.54, 1.807) is 6.07 Å². The Morgan fingerprint density at radius 2 is 1.85 bits per heavy atom. The number of ether oxygens (including phenoxy) is 2. The van der Waals surface area contributed by atoms with Crippen LogP contribution in [0, 0.1) is 0 Å². The molecule has 3 nitrogen and oxygen atoms in total. The van der Waals surface area contributed by atoms with Crippen LogP contribution in [0.2, 0.25) is 5.02 Å². The van der Waals surface area contributed by atoms with Gasteiger partial charge in [0.25, 0.3) is 0 Å². The van der Waals surface area contributed by atoms with Crippen LogP contribution in [0.3, 0.4) is 0 Å². The summed E-state index contributed by atoms with van der Waals surface area (Å²) in [7, 11) is 3.04. The maximum atomic E-state index is 5.89. The van der Waals surface area contributed by atoms with Crippen LogP contribution in [0.1, 0.15) is 0 Å². The van der Waals surface area contributed by atoms with Crippen molar-refractivity contribution in [2.75, 3.05) is 20.0 Å². The molecule has 13 heavy (non-hydrogen) atoms. The zero-order valence-corrected chi connectivity index (χ0v) is 8.95. The van der Waals surface area contributed by atoms with E-state index in [1.165, 1.54) is 14.2 Å². The third-order valence-electron chi connectivity index (χ3n) is 1.65. The average Bonchev–Trinajstić information content (AvgIpc) is 2.15. The Labute approximate surface area is 87.2 Å². The summed E-state index contributed by atoms with van der Waals surface area (Å²) >= 11 is 10.0. The fourth-order valence-corrected chi connectivity index (χ4v) is 1.38. The van der Waals surface area contributed by atoms with Gasteiger partial charge in [-0.25, -0.2) is 0 Å². The molecule has 5 heteroatoms. The van der Waals surface area contributed by atoms with Crippen molar-refractivity contribution in [1.82, 2.24) is 0 Å². The number of nitrogens with two attached hydrogens (primary N) is 1. The smallest absolute Gasteiger partial charge is 0.146 e. The van der Waals surface area contributed by atoms with Gasteiger partial charge in [-0.2, -0.15) is 0 Å². The largest absolute Gasteiger partial charge is 0.495 e. The lowest BCUT2D eigenvalue weighted by atomic mass is 10.3. The van der Waals surface area contributed by atoms with E-state index in [4.69, 9.17) is 26.8 Å². The van der Waals surface area contributed by atoms with Crippen LogP contribution < -0.4 is 15.2 Å². The molecular formula is C8H10ClNO2S. The predicted molar refractivity (Wildman–Crippen MR) is 56.2 cm³/mol. The molecule has 0 heterocycles. The number of hydrogen-bond donors (Lipinski definition) is 2. The number of nitrogen functional groups attached to an aromatic ring is 1. The van der Waals surface area contributed by atoms with Gasteiger partial charge >= 0.3 is 0 Å². The molecule has 1 rings (SSSR count). The Hall–Kier alpha value is -0.740. The van der Waals surface area contributed by atoms with Crippen molar-refractivity contribution in [2.45, 2.75) is 4.90 Å². The van der Waals surface area contributed by atoms with Gasteiger partial charge in [-0.15, -0.1) is 12.6 Å². The minimum atomic E-state index is 0.393. The van der Waals surface area contributed by atoms with Crippen molar-refractivity contribution < 1.29 is 9.47 Å². The number of methoxy groups -OCH3 is 2. The molecule has 0 spiro atoms. The summed E-state index contributed by atoms with van der Waals surface area (Å²) < 4.78 is 10.0. The highest BCUT2D eigenvalue weighted by Gasteiger charge is 2.12. The van der Waals surface area contributed by atoms with Crippen molar-refractivity contribution in [3.05, 3.63) is 11.1 Å². The van der Waals surface area contributed by atoms with E-state index in [0.717, 1.165) is 0 Å². The third-order valence-corrected chi connectivity index (χ3v) is 2.62. The van der Waals surface area contributed by atoms with Crippen LogP contribution in [0.25, 0.3) is 0 Å². The first kappa shape index (κ1) is 10.3. The molecular weight excluding hydrogens is 210 g/mol. The van der Waals surface area contributed by atoms with Crippen LogP contribution in [-0.2, 0) is 0 Å². The SMILES string of the molecule is COc1cc(OC)c(Cl)c(S)c1N. The first-order valence-corrected chi connectivity index (χ1v) is 4.33. The normalized spacial score (nSPS) is 9.85. The molecule has 1 aromatic rings. The van der Waals surface area contributed by atoms with Gasteiger partial charge in [0.05, 0.1) is 29.8 Å². The molecule has 1 aromatic carbocycles. The molecule has 0 saturated heterocycles. The topological polar surface area (TPSA) is 44.5 Å². The minimum Gasteiger partial charge on any atom is -0.495 e. The van der Waals surface area contributed by atoms with Gasteiger partial charge in [-0.05, 0) is 0 Å². The lowest BCUT2D eigenvalue weighted by Crippen LogP contribution is -1.96. The molecule has 0 radical (unpaired) electrons. The maximum absolute atomic E-state index is 5.89. The number of rotatable bonds is 2. The highest BCUT2D eigenvalue weighted by Crippen LogP contribution is 2.40. The first-order valence-electron chi connectivity index (χ1n) is 3.50. The minimum absolute atomic E-state index is 0.393. The average molecular weight is 220 g/mol. The molecule has 0 bridgehead atoms. The highest BCUT2D eigenvalue weighted by molar-refractivity contribution is 7.80. The molecule has 0 fully saturated rings. The van der Waals surface area contributed by atoms with Crippen LogP contribution in [0.4, 0.5) is 5.69 Å². The summed E-state index contributed by atoms with van der Waals surface area (Å²) in [6, 6.07) is 1.62. The Balaban J connectivity index is 3.36. The van der Waals surface area contributed by atoms with Gasteiger partial charge in [0.15, 0.2) is 0 Å². The lowest BCUT2D eigenvalue weighted by Gasteiger charge is -2.11. The zero-order chi connectivity index (χ0) is 10.0. The molecule has 0 aliphatic rings. The van der Waals surface area contributed by atoms with E-state index >= 15 is 0 Å². The Bertz CT molecular complexity index is 302. The molecule has 0 saturated carbocycles. The Morgan fingerprint density at radius 1 is 1.31 bits per heavy atom. The van der Waals surface area contributed by atoms with Crippen LogP contribution in [-0.4, -0.2) is 14.2 Å². The summed E-state index contributed by atoms with van der Waals surface area (Å²) in [5.41, 5.74) is 6.09. The van der Waals surface area contributed by atoms with Crippen molar-refractivity contribution >= 4 is 29.9 Å². The van der Waals surface area contributed by atoms with Crippen LogP contribution in [0.5, 0.6) is 11.5 Å². The number of anilines is 1. The van der Waals surface area contributed by atoms with E-state index in [9.17, 15) is 0 Å². The summed E-state index contributed by atoms with van der Waals surface area (Å²) in [6.07, 6.45) is 0. The van der Waals surface area contributed by atoms with Gasteiger partial charge in [0.1, 0.15) is 11.5 Å². The van der Waals surface area contributed by atoms with Crippen molar-refractivity contribution in [3.8, 4) is 11.5 Å². The number of hydrogen-bond acceptors (Lipinski definition) is 4. The van der Waals surface area contributed by atoms with Crippen molar-refractivity contribution in [2.24, 2.45) is 0 Å². The molecule has 0 aliphatic heterocycles. The first-order chi connectivity index (χ1) is 6.11. The van der Waals surface area contributed by atoms with Gasteiger partial charge in [-0.3, -0.25) is 0 Å². The summed E-state index contributed by atoms with van der Waals surface area (Å²) in [5, 5.41) is 0.393. The van der Waals surface area contributed by atoms with Crippen molar-refractivity contribution in [1.29, 1.82) is 0 Å². The Kier molecular flexibility index (Phi) is 3.17. The third kappa shape index (κ3) is 1.78. The quantitative estimate of drug-likeness (QED) is 0.592. The molecule has 0 aliphatic carbocycles. The monoisotopic (exact) mass is 219 g/mol. The van der Waals surface area contributed by atoms with Crippen molar-refractivity contribution in [3.63, 3.8) is 0 Å². The predicted octanol–water partition coefficient (Wildman–Crippen LogP) is 2.23. The van der Waals surface area contributed by atoms with Crippen LogP contribution >= 0.6 is 24.2 Å². The van der Waals surface area contributed by atoms with E-state index in [2.05, 4.69) is 12.6 Å². The van der Waals surface area contributed by atoms with Gasteiger partial charge < -0.3 is 15.2 Å². The lowest BCUT2D eigenvalue weighted by molar-refractivity contribution is 0.394. The molecule has 72 valence electrons. The number of thiol groups is 1. The molecule has 2 N–H and O–H groups in total. The summed E-state index contributed by atoms with van der Waals surface area (Å²) in [5.74, 6) is 1.00. The maximum Gasteiger partial charge on any atom is 0.146 e. The van der Waals surface area contributed by atoms with Gasteiger partial charge in [-0.1, -0.05) is 11.6 Å². The van der Waals surface area contributed by atoms with E-state index < -0.39 is 0 Å². The molecule has 0 aromatic heterocycles.